The van der Waals surface area contributed by atoms with Crippen LogP contribution in [0.15, 0.2) is 24.3 Å². The molecule has 0 aromatic heterocycles. The average Bonchev–Trinajstić information content (AvgIpc) is 2.70. The van der Waals surface area contributed by atoms with Crippen LogP contribution in [0.4, 0.5) is 4.39 Å². The normalized spacial score (nSPS) is 19.8. The van der Waals surface area contributed by atoms with E-state index < -0.39 is 0 Å². The summed E-state index contributed by atoms with van der Waals surface area (Å²) >= 11 is 0. The van der Waals surface area contributed by atoms with E-state index in [1.54, 1.807) is 19.2 Å². The molecule has 1 atom stereocenters. The van der Waals surface area contributed by atoms with Gasteiger partial charge < -0.3 is 14.5 Å². The van der Waals surface area contributed by atoms with E-state index in [0.717, 1.165) is 38.2 Å². The zero-order valence-corrected chi connectivity index (χ0v) is 15.0. The molecule has 1 aromatic carbocycles. The van der Waals surface area contributed by atoms with Gasteiger partial charge in [-0.15, -0.1) is 0 Å². The number of ether oxygens (including phenoxy) is 1. The number of hydrogen-bond donors (Lipinski definition) is 0. The maximum absolute atomic E-state index is 13.1. The molecule has 0 aliphatic carbocycles. The van der Waals surface area contributed by atoms with E-state index >= 15 is 0 Å². The van der Waals surface area contributed by atoms with Crippen molar-refractivity contribution in [3.05, 3.63) is 35.6 Å². The van der Waals surface area contributed by atoms with Crippen LogP contribution in [-0.4, -0.2) is 55.1 Å². The van der Waals surface area contributed by atoms with E-state index in [2.05, 4.69) is 18.7 Å². The first-order valence-electron chi connectivity index (χ1n) is 8.76. The van der Waals surface area contributed by atoms with Crippen molar-refractivity contribution in [1.29, 1.82) is 0 Å². The van der Waals surface area contributed by atoms with Gasteiger partial charge >= 0.3 is 0 Å². The Bertz CT molecular complexity index is 519. The highest BCUT2D eigenvalue weighted by Crippen LogP contribution is 2.21. The molecular formula is C19H29FN2O2. The molecule has 24 heavy (non-hydrogen) atoms. The van der Waals surface area contributed by atoms with Gasteiger partial charge in [0.25, 0.3) is 0 Å². The molecule has 1 aromatic rings. The Balaban J connectivity index is 2.09. The fourth-order valence-corrected chi connectivity index (χ4v) is 3.23. The summed E-state index contributed by atoms with van der Waals surface area (Å²) in [6.45, 7) is 8.25. The molecule has 0 unspecified atom stereocenters. The Morgan fingerprint density at radius 2 is 2.00 bits per heavy atom. The molecule has 0 radical (unpaired) electrons. The Labute approximate surface area is 144 Å². The third-order valence-corrected chi connectivity index (χ3v) is 4.67. The standard InChI is InChI=1S/C19H29FN2O2/c1-15(2)18-14-21(10-4-12-24-3)11-9-19(23)22(18)13-16-5-7-17(20)8-6-16/h5-8,15,18H,4,9-14H2,1-3H3/t18-/m1/s1. The number of nitrogens with zero attached hydrogens (tertiary/aromatic N) is 2. The molecule has 0 spiro atoms. The van der Waals surface area contributed by atoms with Crippen molar-refractivity contribution >= 4 is 5.91 Å². The molecule has 1 aliphatic heterocycles. The van der Waals surface area contributed by atoms with E-state index in [9.17, 15) is 9.18 Å². The van der Waals surface area contributed by atoms with Gasteiger partial charge in [-0.1, -0.05) is 26.0 Å². The molecule has 4 nitrogen and oxygen atoms in total. The predicted molar refractivity (Wildman–Crippen MR) is 93.1 cm³/mol. The number of amides is 1. The summed E-state index contributed by atoms with van der Waals surface area (Å²) in [5, 5.41) is 0. The highest BCUT2D eigenvalue weighted by atomic mass is 19.1. The number of methoxy groups -OCH3 is 1. The number of benzene rings is 1. The van der Waals surface area contributed by atoms with E-state index in [4.69, 9.17) is 4.74 Å². The summed E-state index contributed by atoms with van der Waals surface area (Å²) in [6.07, 6.45) is 1.52. The summed E-state index contributed by atoms with van der Waals surface area (Å²) in [5.74, 6) is 0.315. The first-order valence-corrected chi connectivity index (χ1v) is 8.76. The van der Waals surface area contributed by atoms with Gasteiger partial charge in [0.2, 0.25) is 5.91 Å². The molecule has 1 heterocycles. The van der Waals surface area contributed by atoms with Gasteiger partial charge in [-0.2, -0.15) is 0 Å². The molecule has 1 amide bonds. The molecule has 0 bridgehead atoms. The van der Waals surface area contributed by atoms with E-state index in [-0.39, 0.29) is 17.8 Å². The third kappa shape index (κ3) is 5.28. The molecule has 5 heteroatoms. The van der Waals surface area contributed by atoms with Crippen LogP contribution in [0, 0.1) is 11.7 Å². The lowest BCUT2D eigenvalue weighted by atomic mass is 10.0. The molecule has 2 rings (SSSR count). The number of rotatable bonds is 7. The minimum Gasteiger partial charge on any atom is -0.385 e. The summed E-state index contributed by atoms with van der Waals surface area (Å²) in [7, 11) is 1.72. The number of carbonyl (C=O) groups is 1. The fraction of sp³-hybridized carbons (Fsp3) is 0.632. The van der Waals surface area contributed by atoms with Crippen LogP contribution in [0.1, 0.15) is 32.3 Å². The monoisotopic (exact) mass is 336 g/mol. The zero-order chi connectivity index (χ0) is 17.5. The highest BCUT2D eigenvalue weighted by molar-refractivity contribution is 5.77. The smallest absolute Gasteiger partial charge is 0.224 e. The largest absolute Gasteiger partial charge is 0.385 e. The van der Waals surface area contributed by atoms with Crippen LogP contribution < -0.4 is 0 Å². The topological polar surface area (TPSA) is 32.8 Å². The van der Waals surface area contributed by atoms with Crippen molar-refractivity contribution in [2.24, 2.45) is 5.92 Å². The lowest BCUT2D eigenvalue weighted by Gasteiger charge is -2.35. The van der Waals surface area contributed by atoms with Crippen molar-refractivity contribution in [1.82, 2.24) is 9.80 Å². The average molecular weight is 336 g/mol. The molecule has 1 aliphatic rings. The van der Waals surface area contributed by atoms with Gasteiger partial charge in [0.15, 0.2) is 0 Å². The minimum absolute atomic E-state index is 0.174. The second-order valence-electron chi connectivity index (χ2n) is 6.86. The first kappa shape index (κ1) is 18.9. The van der Waals surface area contributed by atoms with Crippen molar-refractivity contribution in [2.45, 2.75) is 39.3 Å². The van der Waals surface area contributed by atoms with E-state index in [0.29, 0.717) is 18.9 Å². The van der Waals surface area contributed by atoms with Crippen LogP contribution in [0.5, 0.6) is 0 Å². The first-order chi connectivity index (χ1) is 11.5. The Morgan fingerprint density at radius 3 is 2.62 bits per heavy atom. The predicted octanol–water partition coefficient (Wildman–Crippen LogP) is 2.92. The molecule has 1 saturated heterocycles. The third-order valence-electron chi connectivity index (χ3n) is 4.67. The quantitative estimate of drug-likeness (QED) is 0.718. The Hall–Kier alpha value is -1.46. The minimum atomic E-state index is -0.245. The Kier molecular flexibility index (Phi) is 7.18. The van der Waals surface area contributed by atoms with Crippen molar-refractivity contribution in [3.8, 4) is 0 Å². The summed E-state index contributed by atoms with van der Waals surface area (Å²) in [5.41, 5.74) is 0.975. The van der Waals surface area contributed by atoms with Crippen LogP contribution >= 0.6 is 0 Å². The van der Waals surface area contributed by atoms with Gasteiger partial charge in [0.05, 0.1) is 0 Å². The van der Waals surface area contributed by atoms with Gasteiger partial charge in [0, 0.05) is 52.4 Å². The molecular weight excluding hydrogens is 307 g/mol. The Morgan fingerprint density at radius 1 is 1.29 bits per heavy atom. The van der Waals surface area contributed by atoms with Crippen molar-refractivity contribution in [3.63, 3.8) is 0 Å². The van der Waals surface area contributed by atoms with Crippen LogP contribution in [0.2, 0.25) is 0 Å². The maximum Gasteiger partial charge on any atom is 0.224 e. The summed E-state index contributed by atoms with van der Waals surface area (Å²) in [4.78, 5) is 17.0. The lowest BCUT2D eigenvalue weighted by molar-refractivity contribution is -0.134. The summed E-state index contributed by atoms with van der Waals surface area (Å²) < 4.78 is 18.2. The summed E-state index contributed by atoms with van der Waals surface area (Å²) in [6, 6.07) is 6.62. The van der Waals surface area contributed by atoms with Gasteiger partial charge in [-0.05, 0) is 30.0 Å². The van der Waals surface area contributed by atoms with Crippen molar-refractivity contribution in [2.75, 3.05) is 33.4 Å². The van der Waals surface area contributed by atoms with Crippen LogP contribution in [-0.2, 0) is 16.1 Å². The van der Waals surface area contributed by atoms with Gasteiger partial charge in [-0.3, -0.25) is 4.79 Å². The SMILES string of the molecule is COCCCN1CCC(=O)N(Cc2ccc(F)cc2)[C@@H](C(C)C)C1. The molecule has 0 saturated carbocycles. The van der Waals surface area contributed by atoms with Crippen LogP contribution in [0.25, 0.3) is 0 Å². The highest BCUT2D eigenvalue weighted by Gasteiger charge is 2.31. The number of halogens is 1. The number of hydrogen-bond acceptors (Lipinski definition) is 3. The van der Waals surface area contributed by atoms with Crippen molar-refractivity contribution < 1.29 is 13.9 Å². The van der Waals surface area contributed by atoms with Gasteiger partial charge in [0.1, 0.15) is 5.82 Å². The molecule has 1 fully saturated rings. The molecule has 134 valence electrons. The zero-order valence-electron chi connectivity index (χ0n) is 15.0. The van der Waals surface area contributed by atoms with Crippen LogP contribution in [0.3, 0.4) is 0 Å². The van der Waals surface area contributed by atoms with Gasteiger partial charge in [-0.25, -0.2) is 4.39 Å². The lowest BCUT2D eigenvalue weighted by Crippen LogP contribution is -2.46. The van der Waals surface area contributed by atoms with E-state index in [1.807, 2.05) is 4.90 Å². The van der Waals surface area contributed by atoms with E-state index in [1.165, 1.54) is 12.1 Å². The second kappa shape index (κ2) is 9.14. The number of carbonyl (C=O) groups excluding carboxylic acids is 1. The second-order valence-corrected chi connectivity index (χ2v) is 6.86. The fourth-order valence-electron chi connectivity index (χ4n) is 3.23. The maximum atomic E-state index is 13.1. The molecule has 0 N–H and O–H groups in total.